The van der Waals surface area contributed by atoms with Crippen LogP contribution < -0.4 is 10.6 Å². The Morgan fingerprint density at radius 3 is 2.65 bits per heavy atom. The fraction of sp³-hybridized carbons (Fsp3) is 0.238. The summed E-state index contributed by atoms with van der Waals surface area (Å²) in [6.45, 7) is 0.870. The predicted molar refractivity (Wildman–Crippen MR) is 113 cm³/mol. The molecule has 31 heavy (non-hydrogen) atoms. The van der Waals surface area contributed by atoms with Crippen molar-refractivity contribution in [2.24, 2.45) is 0 Å². The minimum Gasteiger partial charge on any atom is -0.324 e. The van der Waals surface area contributed by atoms with Crippen molar-refractivity contribution in [2.45, 2.75) is 18.8 Å². The van der Waals surface area contributed by atoms with Crippen LogP contribution in [-0.2, 0) is 0 Å². The summed E-state index contributed by atoms with van der Waals surface area (Å²) in [4.78, 5) is 26.5. The predicted octanol–water partition coefficient (Wildman–Crippen LogP) is 4.48. The first-order valence-electron chi connectivity index (χ1n) is 9.70. The molecule has 7 nitrogen and oxygen atoms in total. The summed E-state index contributed by atoms with van der Waals surface area (Å²) in [6, 6.07) is 11.6. The Labute approximate surface area is 181 Å². The lowest BCUT2D eigenvalue weighted by Gasteiger charge is -2.31. The van der Waals surface area contributed by atoms with Crippen molar-refractivity contribution in [1.82, 2.24) is 15.1 Å². The highest BCUT2D eigenvalue weighted by Crippen LogP contribution is 2.30. The molecule has 0 aliphatic carbocycles. The maximum atomic E-state index is 13.8. The van der Waals surface area contributed by atoms with Crippen LogP contribution in [0.2, 0.25) is 0 Å². The number of amides is 3. The fourth-order valence-corrected chi connectivity index (χ4v) is 4.21. The molecule has 160 valence electrons. The van der Waals surface area contributed by atoms with Crippen LogP contribution in [0.3, 0.4) is 0 Å². The van der Waals surface area contributed by atoms with E-state index in [-0.39, 0.29) is 22.5 Å². The normalized spacial score (nSPS) is 16.1. The number of aromatic nitrogens is 2. The van der Waals surface area contributed by atoms with E-state index < -0.39 is 17.7 Å². The molecular formula is C21H19F2N5O2S. The second-order valence-electron chi connectivity index (χ2n) is 7.11. The number of carbonyl (C=O) groups excluding carboxylic acids is 2. The molecule has 1 saturated heterocycles. The molecule has 0 saturated carbocycles. The second-order valence-corrected chi connectivity index (χ2v) is 8.11. The molecule has 0 bridgehead atoms. The van der Waals surface area contributed by atoms with Crippen molar-refractivity contribution in [1.29, 1.82) is 0 Å². The first-order valence-corrected chi connectivity index (χ1v) is 10.5. The molecule has 1 atom stereocenters. The lowest BCUT2D eigenvalue weighted by Crippen LogP contribution is -2.41. The van der Waals surface area contributed by atoms with Crippen molar-refractivity contribution in [3.05, 3.63) is 70.2 Å². The van der Waals surface area contributed by atoms with Gasteiger partial charge in [0.25, 0.3) is 5.91 Å². The van der Waals surface area contributed by atoms with Gasteiger partial charge >= 0.3 is 6.03 Å². The zero-order chi connectivity index (χ0) is 21.8. The molecule has 0 spiro atoms. The minimum atomic E-state index is -0.833. The molecule has 2 N–H and O–H groups in total. The maximum Gasteiger partial charge on any atom is 0.321 e. The van der Waals surface area contributed by atoms with Crippen molar-refractivity contribution < 1.29 is 18.4 Å². The van der Waals surface area contributed by atoms with Crippen molar-refractivity contribution in [3.8, 4) is 0 Å². The van der Waals surface area contributed by atoms with E-state index in [0.717, 1.165) is 25.0 Å². The molecule has 1 aliphatic heterocycles. The number of anilines is 2. The summed E-state index contributed by atoms with van der Waals surface area (Å²) in [6.07, 6.45) is 1.53. The monoisotopic (exact) mass is 443 g/mol. The topological polar surface area (TPSA) is 87.2 Å². The lowest BCUT2D eigenvalue weighted by molar-refractivity contribution is 0.102. The van der Waals surface area contributed by atoms with E-state index in [1.54, 1.807) is 17.0 Å². The Morgan fingerprint density at radius 2 is 1.87 bits per heavy atom. The van der Waals surface area contributed by atoms with Gasteiger partial charge in [-0.05, 0) is 37.1 Å². The Bertz CT molecular complexity index is 1090. The van der Waals surface area contributed by atoms with E-state index in [9.17, 15) is 18.4 Å². The summed E-state index contributed by atoms with van der Waals surface area (Å²) < 4.78 is 26.9. The third kappa shape index (κ3) is 5.02. The molecule has 10 heteroatoms. The molecule has 1 aliphatic rings. The summed E-state index contributed by atoms with van der Waals surface area (Å²) in [5.74, 6) is -1.96. The SMILES string of the molecule is O=C(Nc1ccccc1)c1nnc(C2CCCN(C(=O)Nc3ccc(F)cc3F)C2)s1. The number of para-hydroxylation sites is 1. The van der Waals surface area contributed by atoms with Crippen LogP contribution >= 0.6 is 11.3 Å². The van der Waals surface area contributed by atoms with E-state index >= 15 is 0 Å². The van der Waals surface area contributed by atoms with Crippen LogP contribution in [0, 0.1) is 11.6 Å². The summed E-state index contributed by atoms with van der Waals surface area (Å²) >= 11 is 1.19. The average Bonchev–Trinajstić information content (AvgIpc) is 3.27. The van der Waals surface area contributed by atoms with Gasteiger partial charge < -0.3 is 15.5 Å². The van der Waals surface area contributed by atoms with Crippen LogP contribution in [0.15, 0.2) is 48.5 Å². The molecular weight excluding hydrogens is 424 g/mol. The Balaban J connectivity index is 1.39. The van der Waals surface area contributed by atoms with Gasteiger partial charge in [-0.1, -0.05) is 29.5 Å². The smallest absolute Gasteiger partial charge is 0.321 e. The van der Waals surface area contributed by atoms with Gasteiger partial charge in [0.2, 0.25) is 5.01 Å². The van der Waals surface area contributed by atoms with Crippen LogP contribution in [-0.4, -0.2) is 40.1 Å². The first-order chi connectivity index (χ1) is 15.0. The van der Waals surface area contributed by atoms with Gasteiger partial charge in [0.05, 0.1) is 5.69 Å². The number of rotatable bonds is 4. The quantitative estimate of drug-likeness (QED) is 0.622. The van der Waals surface area contributed by atoms with Gasteiger partial charge in [-0.2, -0.15) is 0 Å². The van der Waals surface area contributed by atoms with Gasteiger partial charge in [-0.25, -0.2) is 13.6 Å². The molecule has 1 aromatic heterocycles. The first kappa shape index (κ1) is 20.9. The van der Waals surface area contributed by atoms with Gasteiger partial charge in [0.1, 0.15) is 16.6 Å². The minimum absolute atomic E-state index is 0.0756. The number of benzene rings is 2. The Kier molecular flexibility index (Phi) is 6.17. The third-order valence-electron chi connectivity index (χ3n) is 4.90. The third-order valence-corrected chi connectivity index (χ3v) is 5.98. The number of likely N-dealkylation sites (tertiary alicyclic amines) is 1. The number of nitrogens with zero attached hydrogens (tertiary/aromatic N) is 3. The average molecular weight is 443 g/mol. The molecule has 2 heterocycles. The van der Waals surface area contributed by atoms with Gasteiger partial charge in [-0.3, -0.25) is 4.79 Å². The number of hydrogen-bond acceptors (Lipinski definition) is 5. The summed E-state index contributed by atoms with van der Waals surface area (Å²) in [5, 5.41) is 14.3. The number of urea groups is 1. The van der Waals surface area contributed by atoms with Crippen molar-refractivity contribution in [3.63, 3.8) is 0 Å². The van der Waals surface area contributed by atoms with Crippen LogP contribution in [0.25, 0.3) is 0 Å². The highest BCUT2D eigenvalue weighted by molar-refractivity contribution is 7.13. The van der Waals surface area contributed by atoms with Crippen molar-refractivity contribution in [2.75, 3.05) is 23.7 Å². The standard InChI is InChI=1S/C21H19F2N5O2S/c22-14-8-9-17(16(23)11-14)25-21(30)28-10-4-5-13(12-28)19-26-27-20(31-19)18(29)24-15-6-2-1-3-7-15/h1-3,6-9,11,13H,4-5,10,12H2,(H,24,29)(H,25,30). The summed E-state index contributed by atoms with van der Waals surface area (Å²) in [7, 11) is 0. The van der Waals surface area contributed by atoms with Crippen LogP contribution in [0.1, 0.15) is 33.6 Å². The number of hydrogen-bond donors (Lipinski definition) is 2. The lowest BCUT2D eigenvalue weighted by atomic mass is 9.99. The largest absolute Gasteiger partial charge is 0.324 e. The molecule has 2 aromatic carbocycles. The highest BCUT2D eigenvalue weighted by atomic mass is 32.1. The summed E-state index contributed by atoms with van der Waals surface area (Å²) in [5.41, 5.74) is 0.585. The van der Waals surface area contributed by atoms with Crippen LogP contribution in [0.4, 0.5) is 25.0 Å². The molecule has 0 radical (unpaired) electrons. The molecule has 1 fully saturated rings. The van der Waals surface area contributed by atoms with E-state index in [0.29, 0.717) is 23.8 Å². The van der Waals surface area contributed by atoms with Crippen molar-refractivity contribution >= 4 is 34.6 Å². The highest BCUT2D eigenvalue weighted by Gasteiger charge is 2.28. The zero-order valence-electron chi connectivity index (χ0n) is 16.3. The number of piperidine rings is 1. The number of nitrogens with one attached hydrogen (secondary N) is 2. The molecule has 3 amide bonds. The van der Waals surface area contributed by atoms with E-state index in [1.165, 1.54) is 17.4 Å². The van der Waals surface area contributed by atoms with Gasteiger partial charge in [0, 0.05) is 30.8 Å². The molecule has 1 unspecified atom stereocenters. The van der Waals surface area contributed by atoms with E-state index in [4.69, 9.17) is 0 Å². The van der Waals surface area contributed by atoms with Gasteiger partial charge in [0.15, 0.2) is 0 Å². The Morgan fingerprint density at radius 1 is 1.06 bits per heavy atom. The van der Waals surface area contributed by atoms with Gasteiger partial charge in [-0.15, -0.1) is 10.2 Å². The fourth-order valence-electron chi connectivity index (χ4n) is 3.35. The van der Waals surface area contributed by atoms with E-state index in [1.807, 2.05) is 18.2 Å². The van der Waals surface area contributed by atoms with Crippen LogP contribution in [0.5, 0.6) is 0 Å². The molecule has 3 aromatic rings. The second kappa shape index (κ2) is 9.17. The number of halogens is 2. The maximum absolute atomic E-state index is 13.8. The number of carbonyl (C=O) groups is 2. The molecule has 4 rings (SSSR count). The Hall–Kier alpha value is -3.40. The van der Waals surface area contributed by atoms with E-state index in [2.05, 4.69) is 20.8 Å². The zero-order valence-corrected chi connectivity index (χ0v) is 17.2.